The molecule has 0 aliphatic heterocycles. The molecule has 150 valence electrons. The van der Waals surface area contributed by atoms with Gasteiger partial charge in [-0.05, 0) is 23.6 Å². The van der Waals surface area contributed by atoms with Gasteiger partial charge in [0.1, 0.15) is 6.33 Å². The first-order valence-electron chi connectivity index (χ1n) is 9.46. The monoisotopic (exact) mass is 425 g/mol. The number of nitrogens with one attached hydrogen (secondary N) is 1. The van der Waals surface area contributed by atoms with E-state index in [9.17, 15) is 10.1 Å². The van der Waals surface area contributed by atoms with Crippen molar-refractivity contribution in [3.05, 3.63) is 95.4 Å². The zero-order valence-corrected chi connectivity index (χ0v) is 16.9. The second kappa shape index (κ2) is 8.00. The predicted octanol–water partition coefficient (Wildman–Crippen LogP) is 5.98. The molecule has 0 aliphatic rings. The molecule has 0 fully saturated rings. The van der Waals surface area contributed by atoms with Crippen LogP contribution in [-0.2, 0) is 0 Å². The summed E-state index contributed by atoms with van der Waals surface area (Å²) in [5.41, 5.74) is 1.34. The highest BCUT2D eigenvalue weighted by atomic mass is 32.2. The van der Waals surface area contributed by atoms with E-state index in [2.05, 4.69) is 20.3 Å². The van der Waals surface area contributed by atoms with Crippen LogP contribution in [0.3, 0.4) is 0 Å². The number of anilines is 2. The second-order valence-electron chi connectivity index (χ2n) is 6.72. The Hall–Kier alpha value is -4.04. The number of nitro groups is 1. The van der Waals surface area contributed by atoms with Gasteiger partial charge in [-0.25, -0.2) is 9.97 Å². The fourth-order valence-electron chi connectivity index (χ4n) is 3.42. The van der Waals surface area contributed by atoms with Gasteiger partial charge in [-0.15, -0.1) is 0 Å². The average molecular weight is 425 g/mol. The average Bonchev–Trinajstić information content (AvgIpc) is 2.79. The van der Waals surface area contributed by atoms with Crippen LogP contribution in [0.15, 0.2) is 95.2 Å². The molecule has 0 saturated carbocycles. The molecule has 0 bridgehead atoms. The van der Waals surface area contributed by atoms with E-state index >= 15 is 0 Å². The minimum absolute atomic E-state index is 0.145. The second-order valence-corrected chi connectivity index (χ2v) is 7.75. The van der Waals surface area contributed by atoms with Gasteiger partial charge in [-0.2, -0.15) is 0 Å². The third kappa shape index (κ3) is 3.64. The summed E-state index contributed by atoms with van der Waals surface area (Å²) < 4.78 is 0. The highest BCUT2D eigenvalue weighted by Crippen LogP contribution is 2.40. The van der Waals surface area contributed by atoms with Crippen LogP contribution in [0.25, 0.3) is 21.7 Å². The number of hydrogen-bond acceptors (Lipinski definition) is 7. The fourth-order valence-corrected chi connectivity index (χ4v) is 4.41. The van der Waals surface area contributed by atoms with Crippen molar-refractivity contribution >= 4 is 50.6 Å². The molecule has 31 heavy (non-hydrogen) atoms. The Balaban J connectivity index is 1.59. The van der Waals surface area contributed by atoms with Crippen LogP contribution < -0.4 is 5.32 Å². The standard InChI is InChI=1S/C23H15N5O2S/c29-28(30)21-22(27-18-11-3-7-15-6-1-2-10-17(15)18)25-14-26-23(21)31-19-12-4-8-16-9-5-13-24-20(16)19/h1-14H,(H,25,26,27). The Morgan fingerprint density at radius 2 is 1.61 bits per heavy atom. The molecule has 0 saturated heterocycles. The topological polar surface area (TPSA) is 93.8 Å². The summed E-state index contributed by atoms with van der Waals surface area (Å²) in [7, 11) is 0. The Labute approximate surface area is 181 Å². The van der Waals surface area contributed by atoms with Crippen LogP contribution in [0.5, 0.6) is 0 Å². The third-order valence-electron chi connectivity index (χ3n) is 4.82. The van der Waals surface area contributed by atoms with E-state index in [4.69, 9.17) is 0 Å². The lowest BCUT2D eigenvalue weighted by Crippen LogP contribution is -2.03. The van der Waals surface area contributed by atoms with Gasteiger partial charge in [-0.3, -0.25) is 15.1 Å². The number of benzene rings is 3. The first kappa shape index (κ1) is 19.0. The summed E-state index contributed by atoms with van der Waals surface area (Å²) in [5, 5.41) is 18.3. The van der Waals surface area contributed by atoms with E-state index in [0.717, 1.165) is 32.3 Å². The van der Waals surface area contributed by atoms with Crippen LogP contribution in [0, 0.1) is 10.1 Å². The summed E-state index contributed by atoms with van der Waals surface area (Å²) in [6.45, 7) is 0. The van der Waals surface area contributed by atoms with Crippen LogP contribution in [0.2, 0.25) is 0 Å². The Bertz CT molecular complexity index is 1330. The lowest BCUT2D eigenvalue weighted by atomic mass is 10.1. The molecule has 0 aliphatic carbocycles. The van der Waals surface area contributed by atoms with Gasteiger partial charge < -0.3 is 5.32 Å². The van der Waals surface area contributed by atoms with Gasteiger partial charge in [0.05, 0.1) is 10.4 Å². The van der Waals surface area contributed by atoms with Crippen LogP contribution in [0.1, 0.15) is 0 Å². The molecule has 3 aromatic carbocycles. The van der Waals surface area contributed by atoms with Crippen molar-refractivity contribution in [2.24, 2.45) is 0 Å². The summed E-state index contributed by atoms with van der Waals surface area (Å²) >= 11 is 1.21. The van der Waals surface area contributed by atoms with Crippen molar-refractivity contribution in [1.29, 1.82) is 0 Å². The molecule has 5 rings (SSSR count). The number of hydrogen-bond donors (Lipinski definition) is 1. The summed E-state index contributed by atoms with van der Waals surface area (Å²) in [6.07, 6.45) is 3.04. The lowest BCUT2D eigenvalue weighted by molar-refractivity contribution is -0.387. The SMILES string of the molecule is O=[N+]([O-])c1c(Nc2cccc3ccccc23)ncnc1Sc1cccc2cccnc12. The molecule has 2 aromatic heterocycles. The fraction of sp³-hybridized carbons (Fsp3) is 0. The van der Waals surface area contributed by atoms with Crippen molar-refractivity contribution in [2.45, 2.75) is 9.92 Å². The van der Waals surface area contributed by atoms with E-state index < -0.39 is 4.92 Å². The minimum Gasteiger partial charge on any atom is -0.334 e. The normalized spacial score (nSPS) is 11.0. The summed E-state index contributed by atoms with van der Waals surface area (Å²) in [6, 6.07) is 23.1. The first-order chi connectivity index (χ1) is 15.2. The molecule has 0 radical (unpaired) electrons. The highest BCUT2D eigenvalue weighted by molar-refractivity contribution is 7.99. The van der Waals surface area contributed by atoms with Gasteiger partial charge >= 0.3 is 5.69 Å². The van der Waals surface area contributed by atoms with E-state index in [1.165, 1.54) is 18.1 Å². The Morgan fingerprint density at radius 1 is 0.839 bits per heavy atom. The number of nitrogens with zero attached hydrogens (tertiary/aromatic N) is 4. The number of aromatic nitrogens is 3. The predicted molar refractivity (Wildman–Crippen MR) is 122 cm³/mol. The molecule has 0 unspecified atom stereocenters. The molecule has 0 amide bonds. The van der Waals surface area contributed by atoms with E-state index in [1.807, 2.05) is 72.8 Å². The molecule has 1 N–H and O–H groups in total. The quantitative estimate of drug-likeness (QED) is 0.210. The highest BCUT2D eigenvalue weighted by Gasteiger charge is 2.25. The maximum Gasteiger partial charge on any atom is 0.343 e. The van der Waals surface area contributed by atoms with Crippen LogP contribution >= 0.6 is 11.8 Å². The molecule has 8 heteroatoms. The van der Waals surface area contributed by atoms with Crippen molar-refractivity contribution in [2.75, 3.05) is 5.32 Å². The largest absolute Gasteiger partial charge is 0.343 e. The molecule has 0 atom stereocenters. The van der Waals surface area contributed by atoms with E-state index in [-0.39, 0.29) is 16.5 Å². The van der Waals surface area contributed by atoms with Gasteiger partial charge in [0, 0.05) is 27.6 Å². The lowest BCUT2D eigenvalue weighted by Gasteiger charge is -2.11. The number of rotatable bonds is 5. The van der Waals surface area contributed by atoms with E-state index in [1.54, 1.807) is 6.20 Å². The summed E-state index contributed by atoms with van der Waals surface area (Å²) in [5.74, 6) is 0.145. The third-order valence-corrected chi connectivity index (χ3v) is 5.86. The van der Waals surface area contributed by atoms with Crippen LogP contribution in [-0.4, -0.2) is 19.9 Å². The van der Waals surface area contributed by atoms with Crippen molar-refractivity contribution in [1.82, 2.24) is 15.0 Å². The Kier molecular flexibility index (Phi) is 4.89. The van der Waals surface area contributed by atoms with Crippen molar-refractivity contribution < 1.29 is 4.92 Å². The van der Waals surface area contributed by atoms with Gasteiger partial charge in [0.25, 0.3) is 0 Å². The molecular formula is C23H15N5O2S. The van der Waals surface area contributed by atoms with Gasteiger partial charge in [0.15, 0.2) is 5.03 Å². The Morgan fingerprint density at radius 3 is 2.52 bits per heavy atom. The smallest absolute Gasteiger partial charge is 0.334 e. The van der Waals surface area contributed by atoms with Crippen molar-refractivity contribution in [3.63, 3.8) is 0 Å². The zero-order valence-electron chi connectivity index (χ0n) is 16.1. The number of para-hydroxylation sites is 1. The molecule has 2 heterocycles. The molecule has 5 aromatic rings. The van der Waals surface area contributed by atoms with Gasteiger partial charge in [0.2, 0.25) is 5.82 Å². The number of fused-ring (bicyclic) bond motifs is 2. The maximum atomic E-state index is 12.0. The molecule has 7 nitrogen and oxygen atoms in total. The molecule has 0 spiro atoms. The zero-order chi connectivity index (χ0) is 21.2. The number of pyridine rings is 1. The maximum absolute atomic E-state index is 12.0. The van der Waals surface area contributed by atoms with Crippen molar-refractivity contribution in [3.8, 4) is 0 Å². The first-order valence-corrected chi connectivity index (χ1v) is 10.3. The molecular weight excluding hydrogens is 410 g/mol. The van der Waals surface area contributed by atoms with E-state index in [0.29, 0.717) is 0 Å². The van der Waals surface area contributed by atoms with Crippen LogP contribution in [0.4, 0.5) is 17.2 Å². The van der Waals surface area contributed by atoms with Gasteiger partial charge in [-0.1, -0.05) is 66.4 Å². The minimum atomic E-state index is -0.450. The summed E-state index contributed by atoms with van der Waals surface area (Å²) in [4.78, 5) is 25.2.